The number of rotatable bonds is 1. The number of hydrogen-bond acceptors (Lipinski definition) is 3. The molecule has 1 rings (SSSR count). The molecule has 0 fully saturated rings. The van der Waals surface area contributed by atoms with Crippen molar-refractivity contribution in [2.24, 2.45) is 4.99 Å². The third-order valence-electron chi connectivity index (χ3n) is 2.01. The van der Waals surface area contributed by atoms with Crippen LogP contribution in [0, 0.1) is 25.3 Å². The number of halogens is 1. The number of aliphatic imine (C=N–C) groups is 1. The molecule has 0 spiro atoms. The van der Waals surface area contributed by atoms with Crippen molar-refractivity contribution in [3.8, 4) is 6.19 Å². The van der Waals surface area contributed by atoms with Crippen molar-refractivity contribution in [1.29, 1.82) is 5.26 Å². The van der Waals surface area contributed by atoms with Crippen LogP contribution < -0.4 is 5.32 Å². The van der Waals surface area contributed by atoms with Crippen LogP contribution in [0.1, 0.15) is 11.1 Å². The molecule has 16 heavy (non-hydrogen) atoms. The van der Waals surface area contributed by atoms with Crippen LogP contribution in [0.3, 0.4) is 0 Å². The average Bonchev–Trinajstić information content (AvgIpc) is 2.25. The summed E-state index contributed by atoms with van der Waals surface area (Å²) >= 11 is 7.45. The second-order valence-electron chi connectivity index (χ2n) is 3.25. The second-order valence-corrected chi connectivity index (χ2v) is 4.42. The summed E-state index contributed by atoms with van der Waals surface area (Å²) < 4.78 is 0. The van der Waals surface area contributed by atoms with Crippen molar-refractivity contribution < 1.29 is 0 Å². The molecule has 0 saturated carbocycles. The third kappa shape index (κ3) is 3.16. The van der Waals surface area contributed by atoms with E-state index in [4.69, 9.17) is 16.9 Å². The van der Waals surface area contributed by atoms with Crippen LogP contribution in [0.25, 0.3) is 0 Å². The Bertz CT molecular complexity index is 440. The molecule has 3 nitrogen and oxygen atoms in total. The van der Waals surface area contributed by atoms with Crippen LogP contribution in [0.5, 0.6) is 0 Å². The maximum atomic E-state index is 8.52. The summed E-state index contributed by atoms with van der Waals surface area (Å²) in [6, 6.07) is 3.79. The van der Waals surface area contributed by atoms with Crippen molar-refractivity contribution in [3.63, 3.8) is 0 Å². The van der Waals surface area contributed by atoms with E-state index in [1.165, 1.54) is 11.8 Å². The Morgan fingerprint density at radius 1 is 1.44 bits per heavy atom. The normalized spacial score (nSPS) is 11.1. The quantitative estimate of drug-likeness (QED) is 0.361. The zero-order chi connectivity index (χ0) is 12.1. The number of amidine groups is 1. The number of benzene rings is 1. The van der Waals surface area contributed by atoms with Gasteiger partial charge in [0.25, 0.3) is 0 Å². The highest BCUT2D eigenvalue weighted by Gasteiger charge is 2.03. The maximum Gasteiger partial charge on any atom is 0.183 e. The molecule has 0 aromatic heterocycles. The Balaban J connectivity index is 3.11. The minimum absolute atomic E-state index is 0.573. The van der Waals surface area contributed by atoms with Crippen LogP contribution in [-0.4, -0.2) is 11.4 Å². The van der Waals surface area contributed by atoms with Crippen LogP contribution >= 0.6 is 23.4 Å². The van der Waals surface area contributed by atoms with Gasteiger partial charge in [-0.25, -0.2) is 4.99 Å². The number of hydrogen-bond donors (Lipinski definition) is 1. The van der Waals surface area contributed by atoms with E-state index in [0.717, 1.165) is 21.8 Å². The number of thioether (sulfide) groups is 1. The number of nitrogens with zero attached hydrogens (tertiary/aromatic N) is 2. The van der Waals surface area contributed by atoms with Crippen LogP contribution in [0.4, 0.5) is 5.69 Å². The van der Waals surface area contributed by atoms with E-state index in [2.05, 4.69) is 10.3 Å². The van der Waals surface area contributed by atoms with Crippen molar-refractivity contribution >= 4 is 34.2 Å². The first-order valence-corrected chi connectivity index (χ1v) is 6.23. The van der Waals surface area contributed by atoms with E-state index in [1.807, 2.05) is 38.4 Å². The summed E-state index contributed by atoms with van der Waals surface area (Å²) in [5.41, 5.74) is 2.77. The fraction of sp³-hybridized carbons (Fsp3) is 0.273. The van der Waals surface area contributed by atoms with Gasteiger partial charge in [0.1, 0.15) is 0 Å². The maximum absolute atomic E-state index is 8.52. The molecular formula is C11H12ClN3S. The first-order valence-electron chi connectivity index (χ1n) is 4.63. The van der Waals surface area contributed by atoms with Gasteiger partial charge in [-0.3, -0.25) is 5.32 Å². The highest BCUT2D eigenvalue weighted by molar-refractivity contribution is 8.13. The average molecular weight is 254 g/mol. The Morgan fingerprint density at radius 3 is 2.44 bits per heavy atom. The molecule has 0 amide bonds. The van der Waals surface area contributed by atoms with Gasteiger partial charge < -0.3 is 0 Å². The first kappa shape index (κ1) is 12.9. The van der Waals surface area contributed by atoms with Gasteiger partial charge in [-0.2, -0.15) is 5.26 Å². The Labute approximate surface area is 105 Å². The van der Waals surface area contributed by atoms with Crippen molar-refractivity contribution in [2.45, 2.75) is 13.8 Å². The Kier molecular flexibility index (Phi) is 4.66. The summed E-state index contributed by atoms with van der Waals surface area (Å²) in [6.45, 7) is 3.87. The molecule has 0 radical (unpaired) electrons. The fourth-order valence-electron chi connectivity index (χ4n) is 1.28. The van der Waals surface area contributed by atoms with Crippen molar-refractivity contribution in [1.82, 2.24) is 5.32 Å². The largest absolute Gasteiger partial charge is 0.271 e. The van der Waals surface area contributed by atoms with Crippen LogP contribution in [-0.2, 0) is 0 Å². The van der Waals surface area contributed by atoms with E-state index in [-0.39, 0.29) is 0 Å². The summed E-state index contributed by atoms with van der Waals surface area (Å²) in [6.07, 6.45) is 3.71. The van der Waals surface area contributed by atoms with E-state index < -0.39 is 0 Å². The molecular weight excluding hydrogens is 242 g/mol. The molecule has 0 atom stereocenters. The van der Waals surface area contributed by atoms with Gasteiger partial charge in [-0.1, -0.05) is 23.4 Å². The lowest BCUT2D eigenvalue weighted by atomic mass is 10.1. The molecule has 1 N–H and O–H groups in total. The summed E-state index contributed by atoms with van der Waals surface area (Å²) in [5.74, 6) is 0. The van der Waals surface area contributed by atoms with E-state index >= 15 is 0 Å². The molecule has 0 aliphatic carbocycles. The van der Waals surface area contributed by atoms with Gasteiger partial charge in [0, 0.05) is 5.02 Å². The van der Waals surface area contributed by atoms with Crippen LogP contribution in [0.2, 0.25) is 5.02 Å². The van der Waals surface area contributed by atoms with Crippen molar-refractivity contribution in [2.75, 3.05) is 6.26 Å². The van der Waals surface area contributed by atoms with Gasteiger partial charge in [0.05, 0.1) is 5.69 Å². The molecule has 1 aromatic carbocycles. The number of nitriles is 1. The topological polar surface area (TPSA) is 48.2 Å². The first-order chi connectivity index (χ1) is 7.58. The highest BCUT2D eigenvalue weighted by Crippen LogP contribution is 2.26. The minimum atomic E-state index is 0.573. The monoisotopic (exact) mass is 253 g/mol. The molecule has 0 unspecified atom stereocenters. The predicted molar refractivity (Wildman–Crippen MR) is 70.3 cm³/mol. The van der Waals surface area contributed by atoms with Gasteiger partial charge in [-0.05, 0) is 43.4 Å². The van der Waals surface area contributed by atoms with Gasteiger partial charge in [-0.15, -0.1) is 0 Å². The van der Waals surface area contributed by atoms with E-state index in [9.17, 15) is 0 Å². The van der Waals surface area contributed by atoms with E-state index in [0.29, 0.717) is 5.17 Å². The molecule has 5 heteroatoms. The summed E-state index contributed by atoms with van der Waals surface area (Å²) in [7, 11) is 0. The number of aryl methyl sites for hydroxylation is 2. The van der Waals surface area contributed by atoms with Gasteiger partial charge in [0.15, 0.2) is 11.4 Å². The summed E-state index contributed by atoms with van der Waals surface area (Å²) in [5, 5.41) is 12.4. The molecule has 1 aromatic rings. The Morgan fingerprint density at radius 2 is 2.00 bits per heavy atom. The molecule has 0 bridgehead atoms. The SMILES string of the molecule is CSC(=Nc1cc(C)c(Cl)c(C)c1)NC#N. The standard InChI is InChI=1S/C11H12ClN3S/c1-7-4-9(5-8(2)10(7)12)15-11(16-3)14-6-13/h4-5H,1-3H3,(H,14,15). The number of nitrogens with one attached hydrogen (secondary N) is 1. The van der Waals surface area contributed by atoms with Gasteiger partial charge >= 0.3 is 0 Å². The zero-order valence-electron chi connectivity index (χ0n) is 9.34. The third-order valence-corrected chi connectivity index (χ3v) is 3.18. The smallest absolute Gasteiger partial charge is 0.183 e. The van der Waals surface area contributed by atoms with Crippen LogP contribution in [0.15, 0.2) is 17.1 Å². The van der Waals surface area contributed by atoms with Gasteiger partial charge in [0.2, 0.25) is 0 Å². The molecule has 84 valence electrons. The minimum Gasteiger partial charge on any atom is -0.271 e. The summed E-state index contributed by atoms with van der Waals surface area (Å²) in [4.78, 5) is 4.32. The molecule has 0 aliphatic rings. The van der Waals surface area contributed by atoms with E-state index in [1.54, 1.807) is 0 Å². The Hall–Kier alpha value is -1.18. The van der Waals surface area contributed by atoms with Crippen molar-refractivity contribution in [3.05, 3.63) is 28.3 Å². The lowest BCUT2D eigenvalue weighted by Gasteiger charge is -2.05. The second kappa shape index (κ2) is 5.78. The molecule has 0 aliphatic heterocycles. The fourth-order valence-corrected chi connectivity index (χ4v) is 1.73. The highest BCUT2D eigenvalue weighted by atomic mass is 35.5. The molecule has 0 saturated heterocycles. The lowest BCUT2D eigenvalue weighted by molar-refractivity contribution is 1.27. The lowest BCUT2D eigenvalue weighted by Crippen LogP contribution is -2.12. The predicted octanol–water partition coefficient (Wildman–Crippen LogP) is 3.38. The zero-order valence-corrected chi connectivity index (χ0v) is 10.9. The molecule has 0 heterocycles.